The van der Waals surface area contributed by atoms with Crippen molar-refractivity contribution in [1.29, 1.82) is 0 Å². The largest absolute Gasteiger partial charge is 0.383 e. The number of carbonyl (C=O) groups excluding carboxylic acids is 1. The molecule has 1 aromatic carbocycles. The molecule has 6 heteroatoms. The summed E-state index contributed by atoms with van der Waals surface area (Å²) < 4.78 is 5.01. The topological polar surface area (TPSA) is 62.4 Å². The Morgan fingerprint density at radius 2 is 1.83 bits per heavy atom. The van der Waals surface area contributed by atoms with Crippen LogP contribution in [0.4, 0.5) is 0 Å². The number of rotatable bonds is 6. The lowest BCUT2D eigenvalue weighted by Gasteiger charge is -2.19. The molecule has 24 heavy (non-hydrogen) atoms. The molecule has 0 aliphatic heterocycles. The molecule has 0 radical (unpaired) electrons. The van der Waals surface area contributed by atoms with E-state index >= 15 is 0 Å². The van der Waals surface area contributed by atoms with Gasteiger partial charge < -0.3 is 10.1 Å². The third kappa shape index (κ3) is 7.75. The molecule has 1 rings (SSSR count). The summed E-state index contributed by atoms with van der Waals surface area (Å²) in [7, 11) is 1.63. The number of amides is 1. The lowest BCUT2D eigenvalue weighted by molar-refractivity contribution is -0.121. The van der Waals surface area contributed by atoms with Crippen LogP contribution >= 0.6 is 12.2 Å². The summed E-state index contributed by atoms with van der Waals surface area (Å²) >= 11 is 5.10. The molecule has 1 atom stereocenters. The summed E-state index contributed by atoms with van der Waals surface area (Å²) in [5.41, 5.74) is 7.88. The van der Waals surface area contributed by atoms with E-state index in [1.54, 1.807) is 7.11 Å². The Balaban J connectivity index is 2.32. The van der Waals surface area contributed by atoms with Gasteiger partial charge in [-0.3, -0.25) is 15.6 Å². The molecule has 3 N–H and O–H groups in total. The maximum atomic E-state index is 11.9. The molecule has 0 unspecified atom stereocenters. The van der Waals surface area contributed by atoms with E-state index in [9.17, 15) is 4.79 Å². The van der Waals surface area contributed by atoms with Gasteiger partial charge >= 0.3 is 0 Å². The molecule has 5 nitrogen and oxygen atoms in total. The van der Waals surface area contributed by atoms with Gasteiger partial charge in [0.1, 0.15) is 0 Å². The Bertz CT molecular complexity index is 538. The fraction of sp³-hybridized carbons (Fsp3) is 0.556. The highest BCUT2D eigenvalue weighted by molar-refractivity contribution is 7.80. The standard InChI is InChI=1S/C18H29N3O2S/c1-13(12-23-5)19-17(24)21-20-16(22)11-8-14-6-9-15(10-7-14)18(2,3)4/h6-7,9-10,13H,8,11-12H2,1-5H3,(H,20,22)(H2,19,21,24)/t13-/m0/s1. The predicted octanol–water partition coefficient (Wildman–Crippen LogP) is 2.45. The molecule has 0 fully saturated rings. The minimum atomic E-state index is -0.0987. The molecule has 0 aliphatic carbocycles. The highest BCUT2D eigenvalue weighted by atomic mass is 32.1. The first-order valence-electron chi connectivity index (χ1n) is 8.16. The molecule has 0 saturated carbocycles. The smallest absolute Gasteiger partial charge is 0.238 e. The van der Waals surface area contributed by atoms with Crippen LogP contribution < -0.4 is 16.2 Å². The van der Waals surface area contributed by atoms with Gasteiger partial charge in [0.15, 0.2) is 5.11 Å². The van der Waals surface area contributed by atoms with Gasteiger partial charge in [-0.1, -0.05) is 45.0 Å². The number of ether oxygens (including phenoxy) is 1. The van der Waals surface area contributed by atoms with E-state index in [-0.39, 0.29) is 17.4 Å². The maximum Gasteiger partial charge on any atom is 0.238 e. The molecular weight excluding hydrogens is 322 g/mol. The second-order valence-electron chi connectivity index (χ2n) is 6.95. The molecule has 0 aliphatic rings. The Labute approximate surface area is 150 Å². The predicted molar refractivity (Wildman–Crippen MR) is 102 cm³/mol. The van der Waals surface area contributed by atoms with Gasteiger partial charge in [0.25, 0.3) is 0 Å². The molecule has 1 amide bonds. The van der Waals surface area contributed by atoms with Crippen LogP contribution in [0.2, 0.25) is 0 Å². The Hall–Kier alpha value is -1.66. The molecule has 0 bridgehead atoms. The van der Waals surface area contributed by atoms with E-state index in [0.717, 1.165) is 5.56 Å². The number of hydrazine groups is 1. The van der Waals surface area contributed by atoms with Crippen LogP contribution in [-0.2, 0) is 21.4 Å². The monoisotopic (exact) mass is 351 g/mol. The number of thiocarbonyl (C=S) groups is 1. The number of nitrogens with one attached hydrogen (secondary N) is 3. The highest BCUT2D eigenvalue weighted by Crippen LogP contribution is 2.22. The van der Waals surface area contributed by atoms with Crippen molar-refractivity contribution in [2.75, 3.05) is 13.7 Å². The van der Waals surface area contributed by atoms with Crippen LogP contribution in [0.1, 0.15) is 45.2 Å². The van der Waals surface area contributed by atoms with Crippen molar-refractivity contribution in [2.24, 2.45) is 0 Å². The second-order valence-corrected chi connectivity index (χ2v) is 7.36. The van der Waals surface area contributed by atoms with Gasteiger partial charge in [-0.15, -0.1) is 0 Å². The summed E-state index contributed by atoms with van der Waals surface area (Å²) in [6, 6.07) is 8.50. The number of methoxy groups -OCH3 is 1. The first-order chi connectivity index (χ1) is 11.2. The van der Waals surface area contributed by atoms with E-state index in [1.165, 1.54) is 5.56 Å². The summed E-state index contributed by atoms with van der Waals surface area (Å²) in [5, 5.41) is 3.39. The third-order valence-electron chi connectivity index (χ3n) is 3.57. The first kappa shape index (κ1) is 20.4. The van der Waals surface area contributed by atoms with Crippen molar-refractivity contribution in [1.82, 2.24) is 16.2 Å². The molecule has 1 aromatic rings. The molecule has 134 valence electrons. The van der Waals surface area contributed by atoms with E-state index < -0.39 is 0 Å². The SMILES string of the molecule is COC[C@H](C)NC(=S)NNC(=O)CCc1ccc(C(C)(C)C)cc1. The van der Waals surface area contributed by atoms with Gasteiger partial charge in [-0.25, -0.2) is 0 Å². The minimum absolute atomic E-state index is 0.0771. The highest BCUT2D eigenvalue weighted by Gasteiger charge is 2.13. The summed E-state index contributed by atoms with van der Waals surface area (Å²) in [6.07, 6.45) is 1.09. The van der Waals surface area contributed by atoms with Crippen LogP contribution in [0.25, 0.3) is 0 Å². The van der Waals surface area contributed by atoms with Crippen molar-refractivity contribution < 1.29 is 9.53 Å². The maximum absolute atomic E-state index is 11.9. The van der Waals surface area contributed by atoms with Gasteiger partial charge in [0.2, 0.25) is 5.91 Å². The van der Waals surface area contributed by atoms with Crippen LogP contribution in [0, 0.1) is 0 Å². The van der Waals surface area contributed by atoms with Crippen molar-refractivity contribution in [3.8, 4) is 0 Å². The number of hydrogen-bond acceptors (Lipinski definition) is 3. The van der Waals surface area contributed by atoms with Crippen molar-refractivity contribution in [2.45, 2.75) is 52.0 Å². The normalized spacial score (nSPS) is 12.4. The lowest BCUT2D eigenvalue weighted by atomic mass is 9.86. The number of carbonyl (C=O) groups is 1. The Morgan fingerprint density at radius 3 is 2.38 bits per heavy atom. The fourth-order valence-electron chi connectivity index (χ4n) is 2.17. The van der Waals surface area contributed by atoms with Gasteiger partial charge in [0, 0.05) is 19.6 Å². The number of hydrogen-bond donors (Lipinski definition) is 3. The third-order valence-corrected chi connectivity index (χ3v) is 3.79. The van der Waals surface area contributed by atoms with Crippen molar-refractivity contribution in [3.05, 3.63) is 35.4 Å². The fourth-order valence-corrected chi connectivity index (χ4v) is 2.42. The summed E-state index contributed by atoms with van der Waals surface area (Å²) in [5.74, 6) is -0.0987. The average molecular weight is 352 g/mol. The zero-order valence-electron chi connectivity index (χ0n) is 15.2. The van der Waals surface area contributed by atoms with Gasteiger partial charge in [0.05, 0.1) is 6.61 Å². The van der Waals surface area contributed by atoms with Crippen LogP contribution in [0.3, 0.4) is 0 Å². The van der Waals surface area contributed by atoms with E-state index in [2.05, 4.69) is 61.2 Å². The van der Waals surface area contributed by atoms with E-state index in [1.807, 2.05) is 6.92 Å². The van der Waals surface area contributed by atoms with Gasteiger partial charge in [-0.2, -0.15) is 0 Å². The summed E-state index contributed by atoms with van der Waals surface area (Å²) in [4.78, 5) is 11.9. The van der Waals surface area contributed by atoms with Crippen molar-refractivity contribution in [3.63, 3.8) is 0 Å². The quantitative estimate of drug-likeness (QED) is 0.543. The van der Waals surface area contributed by atoms with E-state index in [4.69, 9.17) is 17.0 Å². The van der Waals surface area contributed by atoms with Crippen molar-refractivity contribution >= 4 is 23.2 Å². The minimum Gasteiger partial charge on any atom is -0.383 e. The van der Waals surface area contributed by atoms with Crippen LogP contribution in [0.5, 0.6) is 0 Å². The number of aryl methyl sites for hydroxylation is 1. The lowest BCUT2D eigenvalue weighted by Crippen LogP contribution is -2.50. The molecule has 0 aromatic heterocycles. The first-order valence-corrected chi connectivity index (χ1v) is 8.57. The van der Waals surface area contributed by atoms with Crippen LogP contribution in [0.15, 0.2) is 24.3 Å². The average Bonchev–Trinajstić information content (AvgIpc) is 2.50. The molecule has 0 heterocycles. The zero-order chi connectivity index (χ0) is 18.2. The van der Waals surface area contributed by atoms with Crippen LogP contribution in [-0.4, -0.2) is 30.8 Å². The molecular formula is C18H29N3O2S. The molecule has 0 saturated heterocycles. The molecule has 0 spiro atoms. The van der Waals surface area contributed by atoms with Gasteiger partial charge in [-0.05, 0) is 42.1 Å². The Morgan fingerprint density at radius 1 is 1.21 bits per heavy atom. The zero-order valence-corrected chi connectivity index (χ0v) is 16.0. The van der Waals surface area contributed by atoms with E-state index in [0.29, 0.717) is 24.6 Å². The summed E-state index contributed by atoms with van der Waals surface area (Å²) in [6.45, 7) is 9.05. The number of benzene rings is 1. The second kappa shape index (κ2) is 9.59. The Kier molecular flexibility index (Phi) is 8.15.